The third kappa shape index (κ3) is 6.17. The standard InChI is InChI=1S/C39H47N5O4S/c1-27-40-34-10-6-7-11-35(34)44(27)33-25-31-15-16-32(26-33)43(31)23-20-39(29-8-4-3-5-9-29)18-21-42(22-19-39)38(45)28-12-17-36(48-2)37(24-28)49(46,47)41-30-13-14-30/h3-12,17,24,30-33,41H,13-16,18-23,25-26H2,1-2H3. The molecule has 1 aromatic heterocycles. The number of imidazole rings is 1. The molecule has 9 nitrogen and oxygen atoms in total. The van der Waals surface area contributed by atoms with Crippen LogP contribution in [0.1, 0.15) is 85.6 Å². The Morgan fingerprint density at radius 1 is 0.918 bits per heavy atom. The SMILES string of the molecule is COc1ccc(C(=O)N2CCC(CCN3C4CCC3CC(n3c(C)nc5ccccc53)C4)(c3ccccc3)CC2)cc1S(=O)(=O)NC1CC1. The quantitative estimate of drug-likeness (QED) is 0.213. The number of methoxy groups -OCH3 is 1. The second kappa shape index (κ2) is 12.9. The number of amides is 1. The minimum Gasteiger partial charge on any atom is -0.495 e. The molecule has 3 saturated heterocycles. The van der Waals surface area contributed by atoms with Crippen LogP contribution in [-0.4, -0.2) is 78.5 Å². The molecular formula is C39H47N5O4S. The highest BCUT2D eigenvalue weighted by Crippen LogP contribution is 2.45. The fourth-order valence-corrected chi connectivity index (χ4v) is 10.6. The predicted molar refractivity (Wildman–Crippen MR) is 190 cm³/mol. The highest BCUT2D eigenvalue weighted by atomic mass is 32.2. The molecule has 3 aliphatic heterocycles. The summed E-state index contributed by atoms with van der Waals surface area (Å²) in [6, 6.07) is 25.8. The van der Waals surface area contributed by atoms with Gasteiger partial charge >= 0.3 is 0 Å². The lowest BCUT2D eigenvalue weighted by atomic mass is 9.70. The number of ether oxygens (including phenoxy) is 1. The number of sulfonamides is 1. The number of likely N-dealkylation sites (tertiary alicyclic amines) is 1. The summed E-state index contributed by atoms with van der Waals surface area (Å²) in [5.74, 6) is 1.23. The normalized spacial score (nSPS) is 24.0. The lowest BCUT2D eigenvalue weighted by Crippen LogP contribution is -2.49. The van der Waals surface area contributed by atoms with E-state index in [0.29, 0.717) is 36.8 Å². The van der Waals surface area contributed by atoms with Crippen molar-refractivity contribution in [1.82, 2.24) is 24.1 Å². The molecule has 258 valence electrons. The largest absolute Gasteiger partial charge is 0.495 e. The van der Waals surface area contributed by atoms with Crippen LogP contribution in [0.2, 0.25) is 0 Å². The van der Waals surface area contributed by atoms with E-state index < -0.39 is 10.0 Å². The summed E-state index contributed by atoms with van der Waals surface area (Å²) in [6.45, 7) is 4.47. The van der Waals surface area contributed by atoms with Gasteiger partial charge < -0.3 is 14.2 Å². The van der Waals surface area contributed by atoms with Gasteiger partial charge in [-0.05, 0) is 113 Å². The van der Waals surface area contributed by atoms with Gasteiger partial charge in [0.1, 0.15) is 16.5 Å². The number of rotatable bonds is 10. The molecule has 1 N–H and O–H groups in total. The third-order valence-corrected chi connectivity index (χ3v) is 13.4. The van der Waals surface area contributed by atoms with Gasteiger partial charge in [-0.1, -0.05) is 42.5 Å². The zero-order valence-corrected chi connectivity index (χ0v) is 29.4. The van der Waals surface area contributed by atoms with Crippen LogP contribution in [0.25, 0.3) is 11.0 Å². The first-order valence-electron chi connectivity index (χ1n) is 18.0. The van der Waals surface area contributed by atoms with Gasteiger partial charge in [0.05, 0.1) is 18.1 Å². The minimum atomic E-state index is -3.79. The average Bonchev–Trinajstić information content (AvgIpc) is 3.81. The number of aromatic nitrogens is 2. The molecular weight excluding hydrogens is 635 g/mol. The molecule has 0 radical (unpaired) electrons. The summed E-state index contributed by atoms with van der Waals surface area (Å²) in [7, 11) is -2.33. The molecule has 1 saturated carbocycles. The van der Waals surface area contributed by atoms with E-state index in [1.165, 1.54) is 37.1 Å². The van der Waals surface area contributed by atoms with Crippen molar-refractivity contribution in [3.8, 4) is 5.75 Å². The lowest BCUT2D eigenvalue weighted by molar-refractivity contribution is 0.0606. The van der Waals surface area contributed by atoms with Crippen LogP contribution in [0.4, 0.5) is 0 Å². The summed E-state index contributed by atoms with van der Waals surface area (Å²) in [5.41, 5.74) is 4.06. The maximum Gasteiger partial charge on any atom is 0.253 e. The van der Waals surface area contributed by atoms with Crippen molar-refractivity contribution < 1.29 is 17.9 Å². The number of aryl methyl sites for hydroxylation is 1. The van der Waals surface area contributed by atoms with Crippen molar-refractivity contribution >= 4 is 27.0 Å². The smallest absolute Gasteiger partial charge is 0.253 e. The summed E-state index contributed by atoms with van der Waals surface area (Å²) in [5, 5.41) is 0. The average molecular weight is 682 g/mol. The Morgan fingerprint density at radius 3 is 2.31 bits per heavy atom. The van der Waals surface area contributed by atoms with E-state index in [1.54, 1.807) is 12.1 Å². The van der Waals surface area contributed by atoms with Gasteiger partial charge in [-0.25, -0.2) is 18.1 Å². The van der Waals surface area contributed by atoms with E-state index in [-0.39, 0.29) is 28.0 Å². The minimum absolute atomic E-state index is 0.0198. The van der Waals surface area contributed by atoms with Crippen molar-refractivity contribution in [2.24, 2.45) is 0 Å². The maximum atomic E-state index is 13.8. The molecule has 8 rings (SSSR count). The van der Waals surface area contributed by atoms with E-state index >= 15 is 0 Å². The van der Waals surface area contributed by atoms with Crippen LogP contribution in [0, 0.1) is 6.92 Å². The second-order valence-corrected chi connectivity index (χ2v) is 16.4. The topological polar surface area (TPSA) is 96.8 Å². The Balaban J connectivity index is 0.971. The molecule has 0 spiro atoms. The molecule has 49 heavy (non-hydrogen) atoms. The molecule has 2 unspecified atom stereocenters. The van der Waals surface area contributed by atoms with E-state index in [2.05, 4.69) is 75.7 Å². The Hall–Kier alpha value is -3.73. The van der Waals surface area contributed by atoms with E-state index in [1.807, 2.05) is 4.90 Å². The molecule has 3 aromatic carbocycles. The Morgan fingerprint density at radius 2 is 1.61 bits per heavy atom. The molecule has 4 heterocycles. The summed E-state index contributed by atoms with van der Waals surface area (Å²) in [4.78, 5) is 23.5. The van der Waals surface area contributed by atoms with Crippen LogP contribution < -0.4 is 9.46 Å². The second-order valence-electron chi connectivity index (χ2n) is 14.7. The number of nitrogens with zero attached hydrogens (tertiary/aromatic N) is 4. The Labute approximate surface area is 289 Å². The van der Waals surface area contributed by atoms with Gasteiger partial charge in [0.15, 0.2) is 0 Å². The van der Waals surface area contributed by atoms with Crippen molar-refractivity contribution in [1.29, 1.82) is 0 Å². The van der Waals surface area contributed by atoms with Crippen molar-refractivity contribution in [3.63, 3.8) is 0 Å². The van der Waals surface area contributed by atoms with Gasteiger partial charge in [0, 0.05) is 42.8 Å². The molecule has 10 heteroatoms. The number of para-hydroxylation sites is 2. The monoisotopic (exact) mass is 681 g/mol. The van der Waals surface area contributed by atoms with Crippen LogP contribution >= 0.6 is 0 Å². The summed E-state index contributed by atoms with van der Waals surface area (Å²) < 4.78 is 36.9. The Kier molecular flexibility index (Phi) is 8.53. The van der Waals surface area contributed by atoms with Crippen molar-refractivity contribution in [2.75, 3.05) is 26.7 Å². The van der Waals surface area contributed by atoms with Crippen LogP contribution in [0.3, 0.4) is 0 Å². The number of carbonyl (C=O) groups is 1. The van der Waals surface area contributed by atoms with Crippen LogP contribution in [-0.2, 0) is 15.4 Å². The highest BCUT2D eigenvalue weighted by Gasteiger charge is 2.44. The lowest BCUT2D eigenvalue weighted by Gasteiger charge is -2.45. The molecule has 2 atom stereocenters. The first-order valence-corrected chi connectivity index (χ1v) is 19.5. The first kappa shape index (κ1) is 32.5. The van der Waals surface area contributed by atoms with E-state index in [9.17, 15) is 13.2 Å². The van der Waals surface area contributed by atoms with Gasteiger partial charge in [-0.2, -0.15) is 0 Å². The predicted octanol–water partition coefficient (Wildman–Crippen LogP) is 6.23. The number of hydrogen-bond donors (Lipinski definition) is 1. The highest BCUT2D eigenvalue weighted by molar-refractivity contribution is 7.89. The molecule has 1 amide bonds. The fourth-order valence-electron chi connectivity index (χ4n) is 9.09. The summed E-state index contributed by atoms with van der Waals surface area (Å²) >= 11 is 0. The Bertz CT molecular complexity index is 1930. The maximum absolute atomic E-state index is 13.8. The van der Waals surface area contributed by atoms with Gasteiger partial charge in [0.2, 0.25) is 10.0 Å². The number of fused-ring (bicyclic) bond motifs is 3. The van der Waals surface area contributed by atoms with E-state index in [0.717, 1.165) is 62.8 Å². The number of nitrogens with one attached hydrogen (secondary N) is 1. The molecule has 4 aliphatic rings. The number of hydrogen-bond acceptors (Lipinski definition) is 6. The first-order chi connectivity index (χ1) is 23.7. The van der Waals surface area contributed by atoms with Crippen molar-refractivity contribution in [2.45, 2.75) is 99.2 Å². The van der Waals surface area contributed by atoms with Crippen LogP contribution in [0.15, 0.2) is 77.7 Å². The zero-order chi connectivity index (χ0) is 33.8. The third-order valence-electron chi connectivity index (χ3n) is 11.8. The zero-order valence-electron chi connectivity index (χ0n) is 28.6. The van der Waals surface area contributed by atoms with Gasteiger partial charge in [-0.15, -0.1) is 0 Å². The fraction of sp³-hybridized carbons (Fsp3) is 0.487. The van der Waals surface area contributed by atoms with Crippen molar-refractivity contribution in [3.05, 3.63) is 89.7 Å². The molecule has 4 fully saturated rings. The molecule has 4 aromatic rings. The summed E-state index contributed by atoms with van der Waals surface area (Å²) in [6.07, 6.45) is 9.30. The van der Waals surface area contributed by atoms with Gasteiger partial charge in [0.25, 0.3) is 5.91 Å². The van der Waals surface area contributed by atoms with E-state index in [4.69, 9.17) is 9.72 Å². The van der Waals surface area contributed by atoms with Crippen LogP contribution in [0.5, 0.6) is 5.75 Å². The van der Waals surface area contributed by atoms with Gasteiger partial charge in [-0.3, -0.25) is 9.69 Å². The molecule has 1 aliphatic carbocycles. The molecule has 2 bridgehead atoms. The number of benzene rings is 3. The number of carbonyl (C=O) groups excluding carboxylic acids is 1. The number of piperidine rings is 2.